The summed E-state index contributed by atoms with van der Waals surface area (Å²) in [6.07, 6.45) is 12.0. The van der Waals surface area contributed by atoms with Gasteiger partial charge < -0.3 is 9.80 Å². The Bertz CT molecular complexity index is 642. The Morgan fingerprint density at radius 1 is 0.655 bits per heavy atom. The molecule has 2 heteroatoms. The molecular weight excluding hydrogens is 352 g/mol. The molecule has 2 nitrogen and oxygen atoms in total. The molecule has 0 aromatic rings. The molecule has 0 amide bonds. The van der Waals surface area contributed by atoms with E-state index in [1.165, 1.54) is 12.8 Å². The molecule has 1 heterocycles. The smallest absolute Gasteiger partial charge is 0.0899 e. The van der Waals surface area contributed by atoms with E-state index in [-0.39, 0.29) is 0 Å². The summed E-state index contributed by atoms with van der Waals surface area (Å²) in [5.74, 6) is 3.85. The second-order valence-electron chi connectivity index (χ2n) is 10.6. The fourth-order valence-corrected chi connectivity index (χ4v) is 5.47. The van der Waals surface area contributed by atoms with Crippen LogP contribution >= 0.6 is 0 Å². The van der Waals surface area contributed by atoms with Crippen molar-refractivity contribution in [2.24, 2.45) is 35.5 Å². The van der Waals surface area contributed by atoms with Gasteiger partial charge in [0.25, 0.3) is 0 Å². The summed E-state index contributed by atoms with van der Waals surface area (Å²) >= 11 is 0. The number of rotatable bonds is 6. The maximum Gasteiger partial charge on any atom is 0.0899 e. The summed E-state index contributed by atoms with van der Waals surface area (Å²) < 4.78 is 0. The van der Waals surface area contributed by atoms with Gasteiger partial charge in [-0.1, -0.05) is 79.7 Å². The SMILES string of the molecule is CC(C)C1=C(N2CCN(C3=C(C(C)C)C=CC[C@@H]3C(C)C)C2)C(C(C)C)CC=C1. The second-order valence-corrected chi connectivity index (χ2v) is 10.6. The van der Waals surface area contributed by atoms with Crippen LogP contribution in [-0.4, -0.2) is 29.6 Å². The summed E-state index contributed by atoms with van der Waals surface area (Å²) in [4.78, 5) is 5.45. The molecule has 3 aliphatic rings. The van der Waals surface area contributed by atoms with Gasteiger partial charge in [0.2, 0.25) is 0 Å². The van der Waals surface area contributed by atoms with Gasteiger partial charge in [0.05, 0.1) is 6.67 Å². The van der Waals surface area contributed by atoms with Crippen molar-refractivity contribution in [3.8, 4) is 0 Å². The third-order valence-electron chi connectivity index (χ3n) is 7.18. The Morgan fingerprint density at radius 2 is 1.03 bits per heavy atom. The average molecular weight is 397 g/mol. The van der Waals surface area contributed by atoms with Crippen molar-refractivity contribution >= 4 is 0 Å². The molecule has 0 aromatic heterocycles. The average Bonchev–Trinajstić information content (AvgIpc) is 3.15. The molecule has 3 rings (SSSR count). The lowest BCUT2D eigenvalue weighted by Crippen LogP contribution is -2.35. The Hall–Kier alpha value is -1.44. The molecule has 0 saturated carbocycles. The third-order valence-corrected chi connectivity index (χ3v) is 7.18. The molecule has 1 unspecified atom stereocenters. The monoisotopic (exact) mass is 396 g/mol. The molecule has 0 N–H and O–H groups in total. The van der Waals surface area contributed by atoms with E-state index in [4.69, 9.17) is 0 Å². The van der Waals surface area contributed by atoms with Crippen LogP contribution in [0.2, 0.25) is 0 Å². The fourth-order valence-electron chi connectivity index (χ4n) is 5.47. The number of nitrogens with zero attached hydrogens (tertiary/aromatic N) is 2. The zero-order valence-electron chi connectivity index (χ0n) is 20.2. The van der Waals surface area contributed by atoms with Crippen LogP contribution in [0.1, 0.15) is 68.2 Å². The molecule has 29 heavy (non-hydrogen) atoms. The summed E-state index contributed by atoms with van der Waals surface area (Å²) in [6, 6.07) is 0. The highest BCUT2D eigenvalue weighted by atomic mass is 15.4. The number of hydrogen-bond acceptors (Lipinski definition) is 2. The molecule has 162 valence electrons. The van der Waals surface area contributed by atoms with Crippen LogP contribution in [0.25, 0.3) is 0 Å². The summed E-state index contributed by atoms with van der Waals surface area (Å²) in [7, 11) is 0. The standard InChI is InChI=1S/C27H44N2/c1-18(2)22-11-9-12-23(19(3)4)26(22)28-15-16-29(17-28)27-24(20(5)6)13-10-14-25(27)21(7)8/h9-11,13,18-21,23,25H,12,14-17H2,1-8H3/t23-,25?/m1/s1. The normalized spacial score (nSPS) is 25.8. The fraction of sp³-hybridized carbons (Fsp3) is 0.704. The van der Waals surface area contributed by atoms with Gasteiger partial charge in [0.15, 0.2) is 0 Å². The van der Waals surface area contributed by atoms with Crippen molar-refractivity contribution in [2.45, 2.75) is 68.2 Å². The Labute approximate surface area is 180 Å². The quantitative estimate of drug-likeness (QED) is 0.484. The van der Waals surface area contributed by atoms with E-state index in [9.17, 15) is 0 Å². The minimum absolute atomic E-state index is 0.586. The lowest BCUT2D eigenvalue weighted by atomic mass is 9.80. The van der Waals surface area contributed by atoms with Crippen LogP contribution in [0, 0.1) is 35.5 Å². The molecule has 0 aromatic carbocycles. The van der Waals surface area contributed by atoms with E-state index in [0.29, 0.717) is 35.5 Å². The Kier molecular flexibility index (Phi) is 7.02. The van der Waals surface area contributed by atoms with Gasteiger partial charge in [-0.25, -0.2) is 0 Å². The molecule has 0 spiro atoms. The molecule has 1 fully saturated rings. The van der Waals surface area contributed by atoms with Crippen molar-refractivity contribution in [1.82, 2.24) is 9.80 Å². The molecule has 2 atom stereocenters. The Balaban J connectivity index is 1.95. The van der Waals surface area contributed by atoms with Crippen molar-refractivity contribution in [2.75, 3.05) is 19.8 Å². The maximum atomic E-state index is 2.73. The number of allylic oxidation sites excluding steroid dienone is 8. The zero-order valence-corrected chi connectivity index (χ0v) is 20.2. The largest absolute Gasteiger partial charge is 0.355 e. The summed E-state index contributed by atoms with van der Waals surface area (Å²) in [5, 5.41) is 0. The summed E-state index contributed by atoms with van der Waals surface area (Å²) in [6.45, 7) is 22.4. The highest BCUT2D eigenvalue weighted by molar-refractivity contribution is 5.35. The van der Waals surface area contributed by atoms with Crippen LogP contribution in [0.4, 0.5) is 0 Å². The van der Waals surface area contributed by atoms with E-state index < -0.39 is 0 Å². The lowest BCUT2D eigenvalue weighted by molar-refractivity contribution is 0.241. The third kappa shape index (κ3) is 4.52. The van der Waals surface area contributed by atoms with Gasteiger partial charge in [-0.05, 0) is 47.7 Å². The Morgan fingerprint density at radius 3 is 1.34 bits per heavy atom. The first-order chi connectivity index (χ1) is 13.7. The van der Waals surface area contributed by atoms with Crippen molar-refractivity contribution in [3.63, 3.8) is 0 Å². The predicted octanol–water partition coefficient (Wildman–Crippen LogP) is 6.85. The highest BCUT2D eigenvalue weighted by Crippen LogP contribution is 2.41. The van der Waals surface area contributed by atoms with Crippen LogP contribution in [0.5, 0.6) is 0 Å². The predicted molar refractivity (Wildman–Crippen MR) is 126 cm³/mol. The van der Waals surface area contributed by atoms with E-state index in [1.54, 1.807) is 22.5 Å². The first kappa shape index (κ1) is 22.2. The number of hydrogen-bond donors (Lipinski definition) is 0. The van der Waals surface area contributed by atoms with E-state index in [2.05, 4.69) is 89.5 Å². The zero-order chi connectivity index (χ0) is 21.3. The molecular formula is C27H44N2. The van der Waals surface area contributed by atoms with E-state index >= 15 is 0 Å². The van der Waals surface area contributed by atoms with Gasteiger partial charge in [0.1, 0.15) is 0 Å². The van der Waals surface area contributed by atoms with Crippen LogP contribution in [-0.2, 0) is 0 Å². The minimum Gasteiger partial charge on any atom is -0.355 e. The molecule has 1 aliphatic heterocycles. The molecule has 1 saturated heterocycles. The summed E-state index contributed by atoms with van der Waals surface area (Å²) in [5.41, 5.74) is 6.41. The lowest BCUT2D eigenvalue weighted by Gasteiger charge is -2.39. The topological polar surface area (TPSA) is 6.48 Å². The maximum absolute atomic E-state index is 2.73. The first-order valence-corrected chi connectivity index (χ1v) is 12.0. The molecule has 2 aliphatic carbocycles. The molecule has 0 radical (unpaired) electrons. The van der Waals surface area contributed by atoms with Gasteiger partial charge in [-0.2, -0.15) is 0 Å². The van der Waals surface area contributed by atoms with Crippen molar-refractivity contribution < 1.29 is 0 Å². The first-order valence-electron chi connectivity index (χ1n) is 12.0. The van der Waals surface area contributed by atoms with Crippen molar-refractivity contribution in [3.05, 3.63) is 46.8 Å². The van der Waals surface area contributed by atoms with E-state index in [0.717, 1.165) is 19.8 Å². The van der Waals surface area contributed by atoms with Gasteiger partial charge in [-0.15, -0.1) is 0 Å². The second kappa shape index (κ2) is 9.14. The molecule has 0 bridgehead atoms. The highest BCUT2D eigenvalue weighted by Gasteiger charge is 2.35. The van der Waals surface area contributed by atoms with Crippen molar-refractivity contribution in [1.29, 1.82) is 0 Å². The minimum atomic E-state index is 0.586. The van der Waals surface area contributed by atoms with Crippen LogP contribution in [0.15, 0.2) is 46.8 Å². The van der Waals surface area contributed by atoms with Gasteiger partial charge >= 0.3 is 0 Å². The van der Waals surface area contributed by atoms with Gasteiger partial charge in [-0.3, -0.25) is 0 Å². The van der Waals surface area contributed by atoms with E-state index in [1.807, 2.05) is 0 Å². The van der Waals surface area contributed by atoms with Gasteiger partial charge in [0, 0.05) is 36.3 Å². The van der Waals surface area contributed by atoms with Crippen LogP contribution in [0.3, 0.4) is 0 Å². The van der Waals surface area contributed by atoms with Crippen LogP contribution < -0.4 is 0 Å².